The van der Waals surface area contributed by atoms with Gasteiger partial charge in [-0.25, -0.2) is 14.1 Å². The molecule has 1 saturated heterocycles. The van der Waals surface area contributed by atoms with Gasteiger partial charge in [0.25, 0.3) is 5.56 Å². The minimum Gasteiger partial charge on any atom is -0.348 e. The molecule has 5 rings (SSSR count). The first-order valence-electron chi connectivity index (χ1n) is 11.8. The highest BCUT2D eigenvalue weighted by atomic mass is 32.1. The summed E-state index contributed by atoms with van der Waals surface area (Å²) in [5.74, 6) is -0.701. The van der Waals surface area contributed by atoms with Crippen LogP contribution in [0, 0.1) is 12.7 Å². The molecule has 1 fully saturated rings. The van der Waals surface area contributed by atoms with Crippen molar-refractivity contribution < 1.29 is 9.18 Å². The number of aromatic nitrogens is 3. The highest BCUT2D eigenvalue weighted by Crippen LogP contribution is 2.35. The van der Waals surface area contributed by atoms with E-state index < -0.39 is 5.56 Å². The number of thiazole rings is 1. The second kappa shape index (κ2) is 9.58. The standard InChI is InChI=1S/C26H26FN5O2S/c1-3-17-8-6-7-16(2)21(17)28-20(33)15-32-25(34)23-24(35-26(29-23)31-13-4-5-14-31)22(30-32)18-9-11-19(27)12-10-18/h6-12H,3-5,13-15H2,1-2H3,(H,28,33). The molecular formula is C26H26FN5O2S. The Morgan fingerprint density at radius 1 is 1.14 bits per heavy atom. The summed E-state index contributed by atoms with van der Waals surface area (Å²) in [5, 5.41) is 8.29. The molecule has 7 nitrogen and oxygen atoms in total. The molecule has 180 valence electrons. The third-order valence-corrected chi connectivity index (χ3v) is 7.40. The molecule has 0 radical (unpaired) electrons. The highest BCUT2D eigenvalue weighted by Gasteiger charge is 2.23. The van der Waals surface area contributed by atoms with Gasteiger partial charge in [-0.3, -0.25) is 9.59 Å². The summed E-state index contributed by atoms with van der Waals surface area (Å²) in [6, 6.07) is 11.8. The Morgan fingerprint density at radius 2 is 1.89 bits per heavy atom. The number of aryl methyl sites for hydroxylation is 2. The molecule has 1 aliphatic rings. The Labute approximate surface area is 206 Å². The van der Waals surface area contributed by atoms with Crippen LogP contribution in [0.1, 0.15) is 30.9 Å². The molecule has 0 bridgehead atoms. The van der Waals surface area contributed by atoms with Crippen LogP contribution in [0.3, 0.4) is 0 Å². The van der Waals surface area contributed by atoms with Gasteiger partial charge in [0, 0.05) is 24.3 Å². The number of para-hydroxylation sites is 1. The van der Waals surface area contributed by atoms with E-state index in [2.05, 4.69) is 20.3 Å². The lowest BCUT2D eigenvalue weighted by atomic mass is 10.1. The Morgan fingerprint density at radius 3 is 2.60 bits per heavy atom. The summed E-state index contributed by atoms with van der Waals surface area (Å²) >= 11 is 1.42. The maximum Gasteiger partial charge on any atom is 0.294 e. The maximum absolute atomic E-state index is 13.6. The van der Waals surface area contributed by atoms with Crippen molar-refractivity contribution in [1.82, 2.24) is 14.8 Å². The molecule has 2 aromatic carbocycles. The molecule has 1 amide bonds. The largest absolute Gasteiger partial charge is 0.348 e. The number of carbonyl (C=O) groups excluding carboxylic acids is 1. The number of hydrogen-bond donors (Lipinski definition) is 1. The van der Waals surface area contributed by atoms with Gasteiger partial charge in [0.15, 0.2) is 10.6 Å². The Kier molecular flexibility index (Phi) is 6.34. The van der Waals surface area contributed by atoms with E-state index in [1.54, 1.807) is 12.1 Å². The number of rotatable bonds is 6. The molecule has 0 unspecified atom stereocenters. The molecule has 9 heteroatoms. The van der Waals surface area contributed by atoms with E-state index in [-0.39, 0.29) is 23.8 Å². The maximum atomic E-state index is 13.6. The SMILES string of the molecule is CCc1cccc(C)c1NC(=O)Cn1nc(-c2ccc(F)cc2)c2sc(N3CCCC3)nc2c1=O. The van der Waals surface area contributed by atoms with Crippen molar-refractivity contribution in [3.63, 3.8) is 0 Å². The van der Waals surface area contributed by atoms with E-state index in [0.717, 1.165) is 59.0 Å². The van der Waals surface area contributed by atoms with E-state index in [0.29, 0.717) is 16.0 Å². The van der Waals surface area contributed by atoms with Crippen LogP contribution in [0.5, 0.6) is 0 Å². The average Bonchev–Trinajstić information content (AvgIpc) is 3.53. The molecule has 3 heterocycles. The first-order valence-corrected chi connectivity index (χ1v) is 12.6. The quantitative estimate of drug-likeness (QED) is 0.420. The van der Waals surface area contributed by atoms with Gasteiger partial charge in [0.05, 0.1) is 4.70 Å². The highest BCUT2D eigenvalue weighted by molar-refractivity contribution is 7.22. The number of carbonyl (C=O) groups is 1. The fourth-order valence-electron chi connectivity index (χ4n) is 4.41. The second-order valence-electron chi connectivity index (χ2n) is 8.70. The van der Waals surface area contributed by atoms with Crippen molar-refractivity contribution in [1.29, 1.82) is 0 Å². The summed E-state index contributed by atoms with van der Waals surface area (Å²) in [6.07, 6.45) is 2.94. The van der Waals surface area contributed by atoms with Crippen molar-refractivity contribution in [2.24, 2.45) is 0 Å². The molecule has 0 atom stereocenters. The van der Waals surface area contributed by atoms with Crippen LogP contribution >= 0.6 is 11.3 Å². The zero-order valence-electron chi connectivity index (χ0n) is 19.7. The van der Waals surface area contributed by atoms with Crippen LogP contribution in [0.25, 0.3) is 21.5 Å². The zero-order valence-corrected chi connectivity index (χ0v) is 20.5. The molecule has 0 saturated carbocycles. The first-order chi connectivity index (χ1) is 16.9. The van der Waals surface area contributed by atoms with Gasteiger partial charge in [-0.05, 0) is 61.6 Å². The molecule has 35 heavy (non-hydrogen) atoms. The third-order valence-electron chi connectivity index (χ3n) is 6.28. The molecule has 4 aromatic rings. The predicted octanol–water partition coefficient (Wildman–Crippen LogP) is 4.77. The summed E-state index contributed by atoms with van der Waals surface area (Å²) in [7, 11) is 0. The fourth-order valence-corrected chi connectivity index (χ4v) is 5.53. The Bertz CT molecular complexity index is 1460. The lowest BCUT2D eigenvalue weighted by molar-refractivity contribution is -0.117. The number of halogens is 1. The number of anilines is 2. The third kappa shape index (κ3) is 4.55. The van der Waals surface area contributed by atoms with Gasteiger partial charge in [-0.1, -0.05) is 36.5 Å². The molecule has 0 spiro atoms. The summed E-state index contributed by atoms with van der Waals surface area (Å²) in [6.45, 7) is 5.50. The number of nitrogens with zero attached hydrogens (tertiary/aromatic N) is 4. The Hall–Kier alpha value is -3.59. The first kappa shape index (κ1) is 23.2. The molecule has 1 N–H and O–H groups in total. The number of amides is 1. The van der Waals surface area contributed by atoms with Gasteiger partial charge < -0.3 is 10.2 Å². The number of fused-ring (bicyclic) bond motifs is 1. The van der Waals surface area contributed by atoms with Gasteiger partial charge >= 0.3 is 0 Å². The topological polar surface area (TPSA) is 80.1 Å². The van der Waals surface area contributed by atoms with Crippen LogP contribution in [-0.2, 0) is 17.8 Å². The van der Waals surface area contributed by atoms with E-state index in [9.17, 15) is 14.0 Å². The minimum atomic E-state index is -0.414. The van der Waals surface area contributed by atoms with E-state index >= 15 is 0 Å². The number of benzene rings is 2. The van der Waals surface area contributed by atoms with E-state index in [1.807, 2.05) is 32.0 Å². The van der Waals surface area contributed by atoms with Gasteiger partial charge in [-0.15, -0.1) is 0 Å². The minimum absolute atomic E-state index is 0.253. The summed E-state index contributed by atoms with van der Waals surface area (Å²) in [5.41, 5.74) is 3.78. The smallest absolute Gasteiger partial charge is 0.294 e. The van der Waals surface area contributed by atoms with Gasteiger partial charge in [0.2, 0.25) is 5.91 Å². The van der Waals surface area contributed by atoms with Crippen molar-refractivity contribution in [3.8, 4) is 11.3 Å². The molecule has 1 aliphatic heterocycles. The van der Waals surface area contributed by atoms with E-state index in [4.69, 9.17) is 0 Å². The molecular weight excluding hydrogens is 465 g/mol. The molecule has 2 aromatic heterocycles. The zero-order chi connectivity index (χ0) is 24.5. The van der Waals surface area contributed by atoms with Crippen LogP contribution in [0.2, 0.25) is 0 Å². The number of nitrogens with one attached hydrogen (secondary N) is 1. The lowest BCUT2D eigenvalue weighted by Gasteiger charge is -2.14. The fraction of sp³-hybridized carbons (Fsp3) is 0.308. The van der Waals surface area contributed by atoms with Crippen molar-refractivity contribution >= 4 is 38.3 Å². The Balaban J connectivity index is 1.56. The van der Waals surface area contributed by atoms with Gasteiger partial charge in [-0.2, -0.15) is 5.10 Å². The summed E-state index contributed by atoms with van der Waals surface area (Å²) < 4.78 is 15.4. The normalized spacial score (nSPS) is 13.5. The number of hydrogen-bond acceptors (Lipinski definition) is 6. The predicted molar refractivity (Wildman–Crippen MR) is 138 cm³/mol. The van der Waals surface area contributed by atoms with Crippen molar-refractivity contribution in [3.05, 3.63) is 69.8 Å². The molecule has 0 aliphatic carbocycles. The van der Waals surface area contributed by atoms with Crippen LogP contribution in [-0.4, -0.2) is 33.8 Å². The summed E-state index contributed by atoms with van der Waals surface area (Å²) in [4.78, 5) is 33.2. The van der Waals surface area contributed by atoms with E-state index in [1.165, 1.54) is 23.5 Å². The van der Waals surface area contributed by atoms with Gasteiger partial charge in [0.1, 0.15) is 18.1 Å². The van der Waals surface area contributed by atoms with Crippen LogP contribution < -0.4 is 15.8 Å². The lowest BCUT2D eigenvalue weighted by Crippen LogP contribution is -2.30. The second-order valence-corrected chi connectivity index (χ2v) is 9.67. The van der Waals surface area contributed by atoms with Crippen LogP contribution in [0.15, 0.2) is 47.3 Å². The van der Waals surface area contributed by atoms with Crippen molar-refractivity contribution in [2.45, 2.75) is 39.7 Å². The van der Waals surface area contributed by atoms with Crippen molar-refractivity contribution in [2.75, 3.05) is 23.3 Å². The van der Waals surface area contributed by atoms with Crippen LogP contribution in [0.4, 0.5) is 15.2 Å². The monoisotopic (exact) mass is 491 g/mol. The average molecular weight is 492 g/mol.